The molecule has 0 amide bonds. The molecule has 8 nitrogen and oxygen atoms in total. The van der Waals surface area contributed by atoms with Gasteiger partial charge in [-0.25, -0.2) is 14.6 Å². The first-order valence-corrected chi connectivity index (χ1v) is 10.3. The lowest BCUT2D eigenvalue weighted by molar-refractivity contribution is -0.140. The summed E-state index contributed by atoms with van der Waals surface area (Å²) in [5.41, 5.74) is 4.08. The summed E-state index contributed by atoms with van der Waals surface area (Å²) in [6.07, 6.45) is 0. The van der Waals surface area contributed by atoms with Crippen LogP contribution in [0.4, 0.5) is 0 Å². The molecule has 0 saturated heterocycles. The van der Waals surface area contributed by atoms with E-state index in [0.29, 0.717) is 17.3 Å². The number of rotatable bonds is 9. The first-order chi connectivity index (χ1) is 16.5. The van der Waals surface area contributed by atoms with E-state index in [1.54, 1.807) is 18.2 Å². The summed E-state index contributed by atoms with van der Waals surface area (Å²) >= 11 is 0. The molecular weight excluding hydrogens is 436 g/mol. The van der Waals surface area contributed by atoms with Gasteiger partial charge in [0.2, 0.25) is 5.88 Å². The van der Waals surface area contributed by atoms with Crippen LogP contribution in [-0.4, -0.2) is 45.3 Å². The zero-order valence-corrected chi connectivity index (χ0v) is 17.9. The largest absolute Gasteiger partial charge is 0.482 e. The molecule has 0 aliphatic heterocycles. The van der Waals surface area contributed by atoms with Crippen molar-refractivity contribution in [2.75, 3.05) is 13.2 Å². The number of carbonyl (C=O) groups is 2. The van der Waals surface area contributed by atoms with Gasteiger partial charge in [0.05, 0.1) is 5.69 Å². The van der Waals surface area contributed by atoms with Crippen LogP contribution in [0.5, 0.6) is 11.6 Å². The van der Waals surface area contributed by atoms with E-state index < -0.39 is 25.2 Å². The maximum Gasteiger partial charge on any atom is 0.341 e. The highest BCUT2D eigenvalue weighted by Crippen LogP contribution is 2.28. The van der Waals surface area contributed by atoms with E-state index in [2.05, 4.69) is 9.97 Å². The van der Waals surface area contributed by atoms with Crippen LogP contribution >= 0.6 is 0 Å². The molecule has 170 valence electrons. The van der Waals surface area contributed by atoms with E-state index in [9.17, 15) is 9.59 Å². The minimum Gasteiger partial charge on any atom is -0.482 e. The van der Waals surface area contributed by atoms with E-state index in [-0.39, 0.29) is 5.88 Å². The van der Waals surface area contributed by atoms with Gasteiger partial charge >= 0.3 is 11.9 Å². The normalized spacial score (nSPS) is 10.5. The smallest absolute Gasteiger partial charge is 0.341 e. The number of hydrogen-bond acceptors (Lipinski definition) is 6. The Balaban J connectivity index is 1.60. The van der Waals surface area contributed by atoms with E-state index >= 15 is 0 Å². The summed E-state index contributed by atoms with van der Waals surface area (Å²) in [6.45, 7) is -0.899. The van der Waals surface area contributed by atoms with Crippen LogP contribution in [0.15, 0.2) is 84.9 Å². The molecule has 0 bridgehead atoms. The zero-order valence-electron chi connectivity index (χ0n) is 17.9. The number of nitrogens with zero attached hydrogens (tertiary/aromatic N) is 2. The minimum atomic E-state index is -1.09. The lowest BCUT2D eigenvalue weighted by atomic mass is 10.0. The van der Waals surface area contributed by atoms with Gasteiger partial charge in [-0.05, 0) is 23.3 Å². The molecule has 4 aromatic rings. The highest BCUT2D eigenvalue weighted by atomic mass is 16.5. The van der Waals surface area contributed by atoms with Crippen LogP contribution in [0.2, 0.25) is 0 Å². The SMILES string of the molecule is O=C(O)COc1ccc(-c2ccc(-c3nc(OCC(=O)O)cc(-c4ccccc4)n3)cc2)cc1. The highest BCUT2D eigenvalue weighted by Gasteiger charge is 2.11. The van der Waals surface area contributed by atoms with Crippen molar-refractivity contribution in [2.24, 2.45) is 0 Å². The Bertz CT molecular complexity index is 1290. The fourth-order valence-electron chi connectivity index (χ4n) is 3.22. The first-order valence-electron chi connectivity index (χ1n) is 10.3. The van der Waals surface area contributed by atoms with Gasteiger partial charge in [0.1, 0.15) is 5.75 Å². The summed E-state index contributed by atoms with van der Waals surface area (Å²) in [5, 5.41) is 17.7. The van der Waals surface area contributed by atoms with Crippen molar-refractivity contribution in [2.45, 2.75) is 0 Å². The Hall–Kier alpha value is -4.72. The van der Waals surface area contributed by atoms with Crippen molar-refractivity contribution in [3.05, 3.63) is 84.9 Å². The van der Waals surface area contributed by atoms with Gasteiger partial charge in [-0.3, -0.25) is 0 Å². The molecule has 1 heterocycles. The average molecular weight is 456 g/mol. The van der Waals surface area contributed by atoms with Crippen molar-refractivity contribution >= 4 is 11.9 Å². The Morgan fingerprint density at radius 2 is 1.21 bits per heavy atom. The fourth-order valence-corrected chi connectivity index (χ4v) is 3.22. The second kappa shape index (κ2) is 10.3. The van der Waals surface area contributed by atoms with Crippen LogP contribution in [0.1, 0.15) is 0 Å². The predicted molar refractivity (Wildman–Crippen MR) is 125 cm³/mol. The molecule has 8 heteroatoms. The molecule has 3 aromatic carbocycles. The van der Waals surface area contributed by atoms with Gasteiger partial charge in [0.25, 0.3) is 0 Å². The Labute approximate surface area is 195 Å². The van der Waals surface area contributed by atoms with Gasteiger partial charge in [-0.2, -0.15) is 4.98 Å². The van der Waals surface area contributed by atoms with Gasteiger partial charge in [0.15, 0.2) is 19.0 Å². The van der Waals surface area contributed by atoms with Gasteiger partial charge in [0, 0.05) is 17.2 Å². The van der Waals surface area contributed by atoms with Crippen LogP contribution in [0.3, 0.4) is 0 Å². The summed E-state index contributed by atoms with van der Waals surface area (Å²) in [4.78, 5) is 30.6. The van der Waals surface area contributed by atoms with E-state index in [1.165, 1.54) is 0 Å². The molecule has 0 fully saturated rings. The van der Waals surface area contributed by atoms with Crippen LogP contribution in [0, 0.1) is 0 Å². The van der Waals surface area contributed by atoms with Crippen molar-refractivity contribution in [1.82, 2.24) is 9.97 Å². The molecule has 4 rings (SSSR count). The lowest BCUT2D eigenvalue weighted by Gasteiger charge is -2.10. The number of aromatic nitrogens is 2. The number of carboxylic acids is 2. The topological polar surface area (TPSA) is 119 Å². The third kappa shape index (κ3) is 5.74. The van der Waals surface area contributed by atoms with Crippen LogP contribution in [0.25, 0.3) is 33.8 Å². The second-order valence-corrected chi connectivity index (χ2v) is 7.25. The van der Waals surface area contributed by atoms with Gasteiger partial charge in [-0.15, -0.1) is 0 Å². The number of hydrogen-bond donors (Lipinski definition) is 2. The van der Waals surface area contributed by atoms with Gasteiger partial charge in [-0.1, -0.05) is 66.7 Å². The molecule has 0 aliphatic rings. The van der Waals surface area contributed by atoms with Crippen molar-refractivity contribution in [3.63, 3.8) is 0 Å². The van der Waals surface area contributed by atoms with Gasteiger partial charge < -0.3 is 19.7 Å². The molecule has 0 radical (unpaired) electrons. The number of ether oxygens (including phenoxy) is 2. The van der Waals surface area contributed by atoms with Crippen LogP contribution < -0.4 is 9.47 Å². The summed E-state index contributed by atoms with van der Waals surface area (Å²) < 4.78 is 10.5. The number of carboxylic acid groups (broad SMARTS) is 2. The van der Waals surface area contributed by atoms with Crippen molar-refractivity contribution in [3.8, 4) is 45.4 Å². The summed E-state index contributed by atoms with van der Waals surface area (Å²) in [6, 6.07) is 25.8. The average Bonchev–Trinajstić information content (AvgIpc) is 2.87. The maximum atomic E-state index is 10.9. The zero-order chi connectivity index (χ0) is 23.9. The molecule has 34 heavy (non-hydrogen) atoms. The number of benzene rings is 3. The third-order valence-corrected chi connectivity index (χ3v) is 4.81. The molecule has 0 atom stereocenters. The minimum absolute atomic E-state index is 0.173. The molecule has 2 N–H and O–H groups in total. The first kappa shape index (κ1) is 22.5. The van der Waals surface area contributed by atoms with Crippen molar-refractivity contribution in [1.29, 1.82) is 0 Å². The van der Waals surface area contributed by atoms with Crippen molar-refractivity contribution < 1.29 is 29.3 Å². The lowest BCUT2D eigenvalue weighted by Crippen LogP contribution is -2.11. The van der Waals surface area contributed by atoms with Crippen LogP contribution in [-0.2, 0) is 9.59 Å². The Morgan fingerprint density at radius 3 is 1.82 bits per heavy atom. The predicted octanol–water partition coefficient (Wildman–Crippen LogP) is 4.40. The maximum absolute atomic E-state index is 10.9. The highest BCUT2D eigenvalue weighted by molar-refractivity contribution is 5.71. The quantitative estimate of drug-likeness (QED) is 0.380. The summed E-state index contributed by atoms with van der Waals surface area (Å²) in [7, 11) is 0. The molecule has 0 spiro atoms. The molecule has 0 unspecified atom stereocenters. The standard InChI is InChI=1S/C26H20N2O6/c29-24(30)15-33-21-12-10-18(11-13-21)17-6-8-20(9-7-17)26-27-22(19-4-2-1-3-5-19)14-23(28-26)34-16-25(31)32/h1-14H,15-16H2,(H,29,30)(H,31,32). The Morgan fingerprint density at radius 1 is 0.647 bits per heavy atom. The van der Waals surface area contributed by atoms with E-state index in [4.69, 9.17) is 19.7 Å². The second-order valence-electron chi connectivity index (χ2n) is 7.25. The fraction of sp³-hybridized carbons (Fsp3) is 0.0769. The molecule has 0 aliphatic carbocycles. The molecule has 1 aromatic heterocycles. The Kier molecular flexibility index (Phi) is 6.78. The third-order valence-electron chi connectivity index (χ3n) is 4.81. The monoisotopic (exact) mass is 456 g/mol. The van der Waals surface area contributed by atoms with E-state index in [0.717, 1.165) is 22.3 Å². The molecular formula is C26H20N2O6. The molecule has 0 saturated carbocycles. The number of aliphatic carboxylic acids is 2. The van der Waals surface area contributed by atoms with E-state index in [1.807, 2.05) is 66.7 Å². The summed E-state index contributed by atoms with van der Waals surface area (Å²) in [5.74, 6) is -1.07.